The van der Waals surface area contributed by atoms with E-state index >= 15 is 0 Å². The molecular formula is C13H20N2O2. The number of amides is 2. The van der Waals surface area contributed by atoms with Crippen LogP contribution in [0.1, 0.15) is 34.1 Å². The van der Waals surface area contributed by atoms with Gasteiger partial charge >= 0.3 is 0 Å². The van der Waals surface area contributed by atoms with Gasteiger partial charge in [0.25, 0.3) is 0 Å². The number of carbonyl (C=O) groups is 2. The van der Waals surface area contributed by atoms with E-state index in [4.69, 9.17) is 0 Å². The minimum atomic E-state index is -0.462. The number of nitrogens with one attached hydrogen (secondary N) is 1. The molecule has 17 heavy (non-hydrogen) atoms. The highest BCUT2D eigenvalue weighted by Gasteiger charge is 2.37. The molecule has 0 aliphatic carbocycles. The SMILES string of the molecule is CC#CCN1CCC(=O)NC(C(C)(C)C)C1=O. The van der Waals surface area contributed by atoms with Crippen LogP contribution < -0.4 is 5.32 Å². The Bertz CT molecular complexity index is 371. The highest BCUT2D eigenvalue weighted by Crippen LogP contribution is 2.22. The van der Waals surface area contributed by atoms with Gasteiger partial charge in [0.1, 0.15) is 6.04 Å². The van der Waals surface area contributed by atoms with Gasteiger partial charge in [0.05, 0.1) is 6.54 Å². The van der Waals surface area contributed by atoms with E-state index in [1.165, 1.54) is 0 Å². The molecule has 0 bridgehead atoms. The van der Waals surface area contributed by atoms with Crippen LogP contribution in [0.5, 0.6) is 0 Å². The summed E-state index contributed by atoms with van der Waals surface area (Å²) in [6, 6.07) is -0.462. The maximum absolute atomic E-state index is 12.3. The number of hydrogen-bond acceptors (Lipinski definition) is 2. The predicted octanol–water partition coefficient (Wildman–Crippen LogP) is 0.773. The van der Waals surface area contributed by atoms with Crippen LogP contribution in [-0.4, -0.2) is 35.8 Å². The summed E-state index contributed by atoms with van der Waals surface area (Å²) in [6.07, 6.45) is 0.351. The van der Waals surface area contributed by atoms with E-state index in [0.717, 1.165) is 0 Å². The van der Waals surface area contributed by atoms with Crippen LogP contribution in [0.3, 0.4) is 0 Å². The van der Waals surface area contributed by atoms with Gasteiger partial charge < -0.3 is 10.2 Å². The second kappa shape index (κ2) is 5.22. The lowest BCUT2D eigenvalue weighted by Gasteiger charge is -2.31. The third-order valence-corrected chi connectivity index (χ3v) is 2.79. The minimum Gasteiger partial charge on any atom is -0.344 e. The van der Waals surface area contributed by atoms with Gasteiger partial charge in [-0.15, -0.1) is 5.92 Å². The lowest BCUT2D eigenvalue weighted by molar-refractivity contribution is -0.135. The van der Waals surface area contributed by atoms with E-state index in [2.05, 4.69) is 17.2 Å². The average Bonchev–Trinajstić information content (AvgIpc) is 2.36. The summed E-state index contributed by atoms with van der Waals surface area (Å²) in [5.74, 6) is 5.55. The first-order valence-corrected chi connectivity index (χ1v) is 5.84. The summed E-state index contributed by atoms with van der Waals surface area (Å²) in [4.78, 5) is 25.5. The van der Waals surface area contributed by atoms with Crippen LogP contribution in [0.4, 0.5) is 0 Å². The first kappa shape index (κ1) is 13.6. The van der Waals surface area contributed by atoms with Crippen LogP contribution in [0.15, 0.2) is 0 Å². The fraction of sp³-hybridized carbons (Fsp3) is 0.692. The van der Waals surface area contributed by atoms with Crippen molar-refractivity contribution in [2.24, 2.45) is 5.41 Å². The predicted molar refractivity (Wildman–Crippen MR) is 66.0 cm³/mol. The molecule has 1 rings (SSSR count). The van der Waals surface area contributed by atoms with E-state index in [9.17, 15) is 9.59 Å². The number of nitrogens with zero attached hydrogens (tertiary/aromatic N) is 1. The molecule has 0 spiro atoms. The molecule has 0 saturated carbocycles. The van der Waals surface area contributed by atoms with Crippen molar-refractivity contribution in [2.75, 3.05) is 13.1 Å². The third-order valence-electron chi connectivity index (χ3n) is 2.79. The summed E-state index contributed by atoms with van der Waals surface area (Å²) < 4.78 is 0. The maximum atomic E-state index is 12.3. The molecule has 0 aromatic heterocycles. The smallest absolute Gasteiger partial charge is 0.246 e. The largest absolute Gasteiger partial charge is 0.344 e. The molecule has 0 radical (unpaired) electrons. The molecular weight excluding hydrogens is 216 g/mol. The molecule has 1 aliphatic rings. The van der Waals surface area contributed by atoms with Crippen molar-refractivity contribution in [1.82, 2.24) is 10.2 Å². The summed E-state index contributed by atoms with van der Waals surface area (Å²) in [7, 11) is 0. The van der Waals surface area contributed by atoms with Gasteiger partial charge in [0.2, 0.25) is 11.8 Å². The average molecular weight is 236 g/mol. The van der Waals surface area contributed by atoms with Crippen LogP contribution >= 0.6 is 0 Å². The molecule has 1 unspecified atom stereocenters. The first-order valence-electron chi connectivity index (χ1n) is 5.84. The Morgan fingerprint density at radius 3 is 2.59 bits per heavy atom. The second-order valence-electron chi connectivity index (χ2n) is 5.30. The fourth-order valence-electron chi connectivity index (χ4n) is 1.74. The molecule has 0 aromatic rings. The van der Waals surface area contributed by atoms with Crippen molar-refractivity contribution in [3.05, 3.63) is 0 Å². The second-order valence-corrected chi connectivity index (χ2v) is 5.30. The molecule has 1 N–H and O–H groups in total. The highest BCUT2D eigenvalue weighted by atomic mass is 16.2. The Hall–Kier alpha value is -1.50. The van der Waals surface area contributed by atoms with Gasteiger partial charge in [0, 0.05) is 13.0 Å². The molecule has 4 nitrogen and oxygen atoms in total. The minimum absolute atomic E-state index is 0.0360. The van der Waals surface area contributed by atoms with Crippen LogP contribution in [-0.2, 0) is 9.59 Å². The molecule has 2 amide bonds. The standard InChI is InChI=1S/C13H20N2O2/c1-5-6-8-15-9-7-10(16)14-11(12(15)17)13(2,3)4/h11H,7-9H2,1-4H3,(H,14,16). The van der Waals surface area contributed by atoms with Gasteiger partial charge in [-0.1, -0.05) is 26.7 Å². The lowest BCUT2D eigenvalue weighted by Crippen LogP contribution is -2.51. The van der Waals surface area contributed by atoms with Crippen molar-refractivity contribution >= 4 is 11.8 Å². The Morgan fingerprint density at radius 2 is 2.06 bits per heavy atom. The molecule has 1 heterocycles. The molecule has 0 aromatic carbocycles. The third kappa shape index (κ3) is 3.48. The molecule has 1 saturated heterocycles. The van der Waals surface area contributed by atoms with Crippen molar-refractivity contribution < 1.29 is 9.59 Å². The number of carbonyl (C=O) groups excluding carboxylic acids is 2. The summed E-state index contributed by atoms with van der Waals surface area (Å²) in [5.41, 5.74) is -0.283. The van der Waals surface area contributed by atoms with E-state index in [1.54, 1.807) is 11.8 Å². The Balaban J connectivity index is 2.91. The van der Waals surface area contributed by atoms with E-state index in [0.29, 0.717) is 19.5 Å². The zero-order valence-electron chi connectivity index (χ0n) is 11.0. The van der Waals surface area contributed by atoms with Crippen LogP contribution in [0.25, 0.3) is 0 Å². The van der Waals surface area contributed by atoms with E-state index in [1.807, 2.05) is 20.8 Å². The first-order chi connectivity index (χ1) is 7.86. The molecule has 1 aliphatic heterocycles. The Labute approximate surface area is 103 Å². The summed E-state index contributed by atoms with van der Waals surface area (Å²) in [6.45, 7) is 8.44. The van der Waals surface area contributed by atoms with Crippen molar-refractivity contribution in [1.29, 1.82) is 0 Å². The highest BCUT2D eigenvalue weighted by molar-refractivity contribution is 5.90. The Morgan fingerprint density at radius 1 is 1.41 bits per heavy atom. The number of rotatable bonds is 1. The number of hydrogen-bond donors (Lipinski definition) is 1. The van der Waals surface area contributed by atoms with Crippen LogP contribution in [0, 0.1) is 17.3 Å². The summed E-state index contributed by atoms with van der Waals surface area (Å²) in [5, 5.41) is 2.80. The van der Waals surface area contributed by atoms with Gasteiger partial charge in [-0.2, -0.15) is 0 Å². The van der Waals surface area contributed by atoms with Crippen LogP contribution in [0.2, 0.25) is 0 Å². The normalized spacial score (nSPS) is 21.4. The quantitative estimate of drug-likeness (QED) is 0.684. The van der Waals surface area contributed by atoms with Gasteiger partial charge in [0.15, 0.2) is 0 Å². The van der Waals surface area contributed by atoms with Gasteiger partial charge in [-0.3, -0.25) is 9.59 Å². The topological polar surface area (TPSA) is 49.4 Å². The Kier molecular flexibility index (Phi) is 4.17. The molecule has 1 fully saturated rings. The molecule has 94 valence electrons. The van der Waals surface area contributed by atoms with E-state index in [-0.39, 0.29) is 17.2 Å². The monoisotopic (exact) mass is 236 g/mol. The van der Waals surface area contributed by atoms with Crippen molar-refractivity contribution in [3.63, 3.8) is 0 Å². The molecule has 4 heteroatoms. The van der Waals surface area contributed by atoms with Crippen molar-refractivity contribution in [3.8, 4) is 11.8 Å². The zero-order valence-corrected chi connectivity index (χ0v) is 11.0. The fourth-order valence-corrected chi connectivity index (χ4v) is 1.74. The van der Waals surface area contributed by atoms with Crippen molar-refractivity contribution in [2.45, 2.75) is 40.2 Å². The van der Waals surface area contributed by atoms with Gasteiger partial charge in [-0.05, 0) is 12.3 Å². The molecule has 1 atom stereocenters. The maximum Gasteiger partial charge on any atom is 0.246 e. The zero-order chi connectivity index (χ0) is 13.1. The lowest BCUT2D eigenvalue weighted by atomic mass is 9.86. The van der Waals surface area contributed by atoms with E-state index < -0.39 is 6.04 Å². The summed E-state index contributed by atoms with van der Waals surface area (Å²) >= 11 is 0. The van der Waals surface area contributed by atoms with Gasteiger partial charge in [-0.25, -0.2) is 0 Å².